The highest BCUT2D eigenvalue weighted by Crippen LogP contribution is 2.49. The van der Waals surface area contributed by atoms with Crippen molar-refractivity contribution in [3.8, 4) is 0 Å². The van der Waals surface area contributed by atoms with E-state index >= 15 is 0 Å². The van der Waals surface area contributed by atoms with E-state index in [0.717, 1.165) is 13.0 Å². The van der Waals surface area contributed by atoms with E-state index in [9.17, 15) is 4.79 Å². The molecule has 0 aromatic rings. The third kappa shape index (κ3) is 2.22. The summed E-state index contributed by atoms with van der Waals surface area (Å²) < 4.78 is 0. The van der Waals surface area contributed by atoms with Gasteiger partial charge in [-0.15, -0.1) is 0 Å². The molecule has 3 unspecified atom stereocenters. The van der Waals surface area contributed by atoms with Crippen LogP contribution >= 0.6 is 0 Å². The predicted octanol–water partition coefficient (Wildman–Crippen LogP) is 1.82. The number of rotatable bonds is 5. The summed E-state index contributed by atoms with van der Waals surface area (Å²) in [5.41, 5.74) is 0.482. The van der Waals surface area contributed by atoms with Crippen LogP contribution in [0.1, 0.15) is 51.9 Å². The van der Waals surface area contributed by atoms with Gasteiger partial charge in [-0.2, -0.15) is 0 Å². The number of fused-ring (bicyclic) bond motifs is 2. The molecule has 1 amide bonds. The van der Waals surface area contributed by atoms with Gasteiger partial charge in [0, 0.05) is 18.6 Å². The Bertz CT molecular complexity index is 311. The van der Waals surface area contributed by atoms with Gasteiger partial charge >= 0.3 is 0 Å². The van der Waals surface area contributed by atoms with Gasteiger partial charge in [0.15, 0.2) is 0 Å². The van der Waals surface area contributed by atoms with Crippen LogP contribution in [0.25, 0.3) is 0 Å². The molecule has 3 heteroatoms. The molecule has 3 fully saturated rings. The van der Waals surface area contributed by atoms with Crippen molar-refractivity contribution in [2.45, 2.75) is 64.0 Å². The molecule has 2 saturated heterocycles. The average Bonchev–Trinajstić information content (AvgIpc) is 2.79. The molecule has 3 nitrogen and oxygen atoms in total. The van der Waals surface area contributed by atoms with Crippen LogP contribution in [0.15, 0.2) is 0 Å². The monoisotopic (exact) mass is 236 g/mol. The third-order valence-corrected chi connectivity index (χ3v) is 5.01. The first-order chi connectivity index (χ1) is 8.22. The molecule has 2 bridgehead atoms. The average molecular weight is 236 g/mol. The summed E-state index contributed by atoms with van der Waals surface area (Å²) in [4.78, 5) is 12.2. The van der Waals surface area contributed by atoms with E-state index < -0.39 is 0 Å². The molecule has 1 aliphatic carbocycles. The van der Waals surface area contributed by atoms with Crippen molar-refractivity contribution in [2.24, 2.45) is 11.3 Å². The number of carbonyl (C=O) groups is 1. The number of hydrogen-bond acceptors (Lipinski definition) is 2. The van der Waals surface area contributed by atoms with Crippen LogP contribution in [0, 0.1) is 11.3 Å². The number of hydrogen-bond donors (Lipinski definition) is 2. The fourth-order valence-electron chi connectivity index (χ4n) is 3.74. The van der Waals surface area contributed by atoms with Crippen LogP contribution in [-0.4, -0.2) is 24.5 Å². The highest BCUT2D eigenvalue weighted by atomic mass is 16.2. The highest BCUT2D eigenvalue weighted by Gasteiger charge is 2.45. The molecule has 0 radical (unpaired) electrons. The molecule has 0 aromatic heterocycles. The topological polar surface area (TPSA) is 41.1 Å². The summed E-state index contributed by atoms with van der Waals surface area (Å²) in [6.07, 6.45) is 8.69. The molecule has 1 saturated carbocycles. The second-order valence-electron chi connectivity index (χ2n) is 6.36. The van der Waals surface area contributed by atoms with Gasteiger partial charge in [-0.1, -0.05) is 13.3 Å². The molecular formula is C14H24N2O. The van der Waals surface area contributed by atoms with E-state index in [1.807, 2.05) is 0 Å². The van der Waals surface area contributed by atoms with Gasteiger partial charge in [0.25, 0.3) is 0 Å². The van der Waals surface area contributed by atoms with Crippen LogP contribution in [0.4, 0.5) is 0 Å². The van der Waals surface area contributed by atoms with Gasteiger partial charge in [0.2, 0.25) is 5.91 Å². The maximum atomic E-state index is 12.2. The Balaban J connectivity index is 1.48. The Labute approximate surface area is 104 Å². The van der Waals surface area contributed by atoms with Crippen LogP contribution in [0.2, 0.25) is 0 Å². The maximum Gasteiger partial charge on any atom is 0.224 e. The molecule has 2 N–H and O–H groups in total. The molecule has 3 rings (SSSR count). The van der Waals surface area contributed by atoms with E-state index in [0.29, 0.717) is 23.4 Å². The van der Waals surface area contributed by atoms with E-state index in [1.54, 1.807) is 0 Å². The Hall–Kier alpha value is -0.570. The van der Waals surface area contributed by atoms with E-state index in [1.165, 1.54) is 38.5 Å². The van der Waals surface area contributed by atoms with Crippen LogP contribution < -0.4 is 10.6 Å². The third-order valence-electron chi connectivity index (χ3n) is 5.01. The molecule has 2 heterocycles. The van der Waals surface area contributed by atoms with Crippen molar-refractivity contribution < 1.29 is 4.79 Å². The van der Waals surface area contributed by atoms with Crippen molar-refractivity contribution >= 4 is 5.91 Å². The second kappa shape index (κ2) is 4.27. The first-order valence-electron chi connectivity index (χ1n) is 7.26. The minimum atomic E-state index is 0.256. The minimum absolute atomic E-state index is 0.256. The number of nitrogens with one attached hydrogen (secondary N) is 2. The van der Waals surface area contributed by atoms with Gasteiger partial charge in [0.1, 0.15) is 0 Å². The van der Waals surface area contributed by atoms with Gasteiger partial charge < -0.3 is 10.6 Å². The summed E-state index contributed by atoms with van der Waals surface area (Å²) >= 11 is 0. The summed E-state index contributed by atoms with van der Waals surface area (Å²) in [6, 6.07) is 1.10. The zero-order valence-corrected chi connectivity index (χ0v) is 10.8. The maximum absolute atomic E-state index is 12.2. The van der Waals surface area contributed by atoms with Crippen LogP contribution in [0.3, 0.4) is 0 Å². The van der Waals surface area contributed by atoms with Gasteiger partial charge in [-0.05, 0) is 43.9 Å². The zero-order chi connectivity index (χ0) is 11.9. The Kier molecular flexibility index (Phi) is 2.89. The van der Waals surface area contributed by atoms with E-state index in [2.05, 4.69) is 17.6 Å². The van der Waals surface area contributed by atoms with Crippen molar-refractivity contribution in [1.29, 1.82) is 0 Å². The van der Waals surface area contributed by atoms with E-state index in [-0.39, 0.29) is 5.92 Å². The Morgan fingerprint density at radius 1 is 1.41 bits per heavy atom. The molecule has 96 valence electrons. The summed E-state index contributed by atoms with van der Waals surface area (Å²) in [5.74, 6) is 0.568. The fourth-order valence-corrected chi connectivity index (χ4v) is 3.74. The smallest absolute Gasteiger partial charge is 0.224 e. The summed E-state index contributed by atoms with van der Waals surface area (Å²) in [6.45, 7) is 3.16. The van der Waals surface area contributed by atoms with Crippen molar-refractivity contribution in [3.63, 3.8) is 0 Å². The van der Waals surface area contributed by atoms with Crippen molar-refractivity contribution in [1.82, 2.24) is 10.6 Å². The molecule has 3 atom stereocenters. The van der Waals surface area contributed by atoms with Crippen LogP contribution in [0.5, 0.6) is 0 Å². The van der Waals surface area contributed by atoms with Crippen molar-refractivity contribution in [2.75, 3.05) is 6.54 Å². The Morgan fingerprint density at radius 3 is 2.76 bits per heavy atom. The lowest BCUT2D eigenvalue weighted by Crippen LogP contribution is -2.40. The molecule has 0 aromatic carbocycles. The molecule has 2 aliphatic heterocycles. The van der Waals surface area contributed by atoms with E-state index in [4.69, 9.17) is 0 Å². The standard InChI is InChI=1S/C14H24N2O/c1-2-5-14(6-7-14)9-15-13(17)11-8-10-3-4-12(11)16-10/h10-12,16H,2-9H2,1H3,(H,15,17). The second-order valence-corrected chi connectivity index (χ2v) is 6.36. The molecular weight excluding hydrogens is 212 g/mol. The molecule has 17 heavy (non-hydrogen) atoms. The zero-order valence-electron chi connectivity index (χ0n) is 10.8. The quantitative estimate of drug-likeness (QED) is 0.764. The molecule has 0 spiro atoms. The van der Waals surface area contributed by atoms with Gasteiger partial charge in [-0.3, -0.25) is 4.79 Å². The Morgan fingerprint density at radius 2 is 2.24 bits per heavy atom. The lowest BCUT2D eigenvalue weighted by molar-refractivity contribution is -0.125. The van der Waals surface area contributed by atoms with Crippen LogP contribution in [-0.2, 0) is 4.79 Å². The number of carbonyl (C=O) groups excluding carboxylic acids is 1. The highest BCUT2D eigenvalue weighted by molar-refractivity contribution is 5.80. The number of amides is 1. The summed E-state index contributed by atoms with van der Waals surface area (Å²) in [5, 5.41) is 6.75. The molecule has 3 aliphatic rings. The first kappa shape index (κ1) is 11.5. The van der Waals surface area contributed by atoms with Gasteiger partial charge in [0.05, 0.1) is 5.92 Å². The van der Waals surface area contributed by atoms with Gasteiger partial charge in [-0.25, -0.2) is 0 Å². The minimum Gasteiger partial charge on any atom is -0.355 e. The fraction of sp³-hybridized carbons (Fsp3) is 0.929. The first-order valence-corrected chi connectivity index (χ1v) is 7.26. The van der Waals surface area contributed by atoms with Crippen molar-refractivity contribution in [3.05, 3.63) is 0 Å². The predicted molar refractivity (Wildman–Crippen MR) is 67.6 cm³/mol. The lowest BCUT2D eigenvalue weighted by atomic mass is 9.88. The normalized spacial score (nSPS) is 37.1. The SMILES string of the molecule is CCCC1(CNC(=O)C2CC3CCC2N3)CC1. The lowest BCUT2D eigenvalue weighted by Gasteiger charge is -2.21. The summed E-state index contributed by atoms with van der Waals surface area (Å²) in [7, 11) is 0. The largest absolute Gasteiger partial charge is 0.355 e.